The van der Waals surface area contributed by atoms with Crippen LogP contribution in [0.15, 0.2) is 24.3 Å². The van der Waals surface area contributed by atoms with Gasteiger partial charge in [-0.3, -0.25) is 4.79 Å². The van der Waals surface area contributed by atoms with E-state index < -0.39 is 5.91 Å². The largest absolute Gasteiger partial charge is 0.368 e. The van der Waals surface area contributed by atoms with Crippen molar-refractivity contribution < 1.29 is 9.59 Å². The Morgan fingerprint density at radius 3 is 2.40 bits per heavy atom. The number of amides is 3. The Hall–Kier alpha value is -2.08. The molecule has 0 heterocycles. The maximum atomic E-state index is 11.8. The van der Waals surface area contributed by atoms with Crippen LogP contribution in [0.4, 0.5) is 10.5 Å². The molecule has 0 aromatic heterocycles. The van der Waals surface area contributed by atoms with Gasteiger partial charge in [-0.25, -0.2) is 4.79 Å². The second kappa shape index (κ2) is 7.49. The highest BCUT2D eigenvalue weighted by Gasteiger charge is 2.11. The Balaban J connectivity index is 2.61. The molecule has 1 aromatic rings. The Labute approximate surface area is 119 Å². The molecule has 1 unspecified atom stereocenters. The minimum absolute atomic E-state index is 0.110. The topological polar surface area (TPSA) is 87.5 Å². The second-order valence-corrected chi connectivity index (χ2v) is 4.65. The summed E-state index contributed by atoms with van der Waals surface area (Å²) in [5, 5.41) is 6.02. The monoisotopic (exact) mass is 278 g/mol. The van der Waals surface area contributed by atoms with Crippen molar-refractivity contribution in [3.05, 3.63) is 29.8 Å². The van der Waals surface area contributed by atoms with Crippen LogP contribution in [0.25, 0.3) is 0 Å². The Kier molecular flexibility index (Phi) is 5.99. The fourth-order valence-electron chi connectivity index (χ4n) is 1.80. The van der Waals surface area contributed by atoms with E-state index in [-0.39, 0.29) is 18.6 Å². The molecule has 6 heteroatoms. The van der Waals surface area contributed by atoms with Gasteiger partial charge in [0.05, 0.1) is 0 Å². The molecule has 0 fully saturated rings. The van der Waals surface area contributed by atoms with Crippen molar-refractivity contribution in [2.75, 3.05) is 25.5 Å². The predicted molar refractivity (Wildman–Crippen MR) is 79.4 cm³/mol. The molecule has 6 nitrogen and oxygen atoms in total. The van der Waals surface area contributed by atoms with E-state index in [0.717, 1.165) is 12.1 Å². The number of urea groups is 1. The molecule has 1 atom stereocenters. The SMILES string of the molecule is CCNC(C)c1ccc(NC(=O)N(C)CC(N)=O)cc1. The molecular formula is C14H22N4O2. The quantitative estimate of drug-likeness (QED) is 0.733. The predicted octanol–water partition coefficient (Wildman–Crippen LogP) is 1.31. The van der Waals surface area contributed by atoms with Crippen LogP contribution in [0, 0.1) is 0 Å². The summed E-state index contributed by atoms with van der Waals surface area (Å²) < 4.78 is 0. The van der Waals surface area contributed by atoms with E-state index in [9.17, 15) is 9.59 Å². The minimum atomic E-state index is -0.544. The van der Waals surface area contributed by atoms with Crippen molar-refractivity contribution in [1.29, 1.82) is 0 Å². The Morgan fingerprint density at radius 2 is 1.90 bits per heavy atom. The number of benzene rings is 1. The summed E-state index contributed by atoms with van der Waals surface area (Å²) in [5.41, 5.74) is 6.87. The fraction of sp³-hybridized carbons (Fsp3) is 0.429. The maximum Gasteiger partial charge on any atom is 0.322 e. The van der Waals surface area contributed by atoms with Crippen molar-refractivity contribution in [1.82, 2.24) is 10.2 Å². The van der Waals surface area contributed by atoms with E-state index in [4.69, 9.17) is 5.73 Å². The zero-order valence-electron chi connectivity index (χ0n) is 12.1. The van der Waals surface area contributed by atoms with Gasteiger partial charge >= 0.3 is 6.03 Å². The van der Waals surface area contributed by atoms with Crippen LogP contribution in [0.5, 0.6) is 0 Å². The van der Waals surface area contributed by atoms with Gasteiger partial charge in [0, 0.05) is 18.8 Å². The minimum Gasteiger partial charge on any atom is -0.368 e. The fourth-order valence-corrected chi connectivity index (χ4v) is 1.80. The van der Waals surface area contributed by atoms with Crippen LogP contribution in [0.2, 0.25) is 0 Å². The molecule has 0 spiro atoms. The third-order valence-electron chi connectivity index (χ3n) is 2.91. The molecule has 0 aliphatic rings. The number of carbonyl (C=O) groups excluding carboxylic acids is 2. The summed E-state index contributed by atoms with van der Waals surface area (Å²) in [6.07, 6.45) is 0. The van der Waals surface area contributed by atoms with E-state index in [2.05, 4.69) is 24.5 Å². The highest BCUT2D eigenvalue weighted by atomic mass is 16.2. The normalized spacial score (nSPS) is 11.8. The number of rotatable bonds is 6. The molecule has 1 aromatic carbocycles. The first-order valence-corrected chi connectivity index (χ1v) is 6.57. The van der Waals surface area contributed by atoms with Gasteiger partial charge < -0.3 is 21.3 Å². The maximum absolute atomic E-state index is 11.8. The van der Waals surface area contributed by atoms with Crippen LogP contribution in [0.3, 0.4) is 0 Å². The number of hydrogen-bond acceptors (Lipinski definition) is 3. The van der Waals surface area contributed by atoms with Gasteiger partial charge in [0.15, 0.2) is 0 Å². The van der Waals surface area contributed by atoms with Gasteiger partial charge in [0.2, 0.25) is 5.91 Å². The number of carbonyl (C=O) groups is 2. The number of likely N-dealkylation sites (N-methyl/N-ethyl adjacent to an activating group) is 1. The van der Waals surface area contributed by atoms with Gasteiger partial charge in [-0.1, -0.05) is 19.1 Å². The summed E-state index contributed by atoms with van der Waals surface area (Å²) in [6.45, 7) is 4.93. The molecule has 1 rings (SSSR count). The lowest BCUT2D eigenvalue weighted by Crippen LogP contribution is -2.38. The highest BCUT2D eigenvalue weighted by molar-refractivity contribution is 5.91. The zero-order valence-corrected chi connectivity index (χ0v) is 12.1. The molecule has 4 N–H and O–H groups in total. The average molecular weight is 278 g/mol. The lowest BCUT2D eigenvalue weighted by molar-refractivity contribution is -0.118. The number of nitrogens with two attached hydrogens (primary N) is 1. The van der Waals surface area contributed by atoms with E-state index >= 15 is 0 Å². The first-order chi connectivity index (χ1) is 9.43. The molecule has 0 radical (unpaired) electrons. The van der Waals surface area contributed by atoms with Crippen LogP contribution in [0.1, 0.15) is 25.5 Å². The van der Waals surface area contributed by atoms with E-state index in [1.165, 1.54) is 11.9 Å². The van der Waals surface area contributed by atoms with Gasteiger partial charge in [-0.2, -0.15) is 0 Å². The number of nitrogens with zero attached hydrogens (tertiary/aromatic N) is 1. The molecule has 0 aliphatic heterocycles. The van der Waals surface area contributed by atoms with Crippen LogP contribution < -0.4 is 16.4 Å². The van der Waals surface area contributed by atoms with Crippen molar-refractivity contribution >= 4 is 17.6 Å². The van der Waals surface area contributed by atoms with Gasteiger partial charge in [-0.05, 0) is 31.2 Å². The van der Waals surface area contributed by atoms with E-state index in [1.54, 1.807) is 0 Å². The number of hydrogen-bond donors (Lipinski definition) is 3. The summed E-state index contributed by atoms with van der Waals surface area (Å²) in [6, 6.07) is 7.48. The van der Waals surface area contributed by atoms with Crippen molar-refractivity contribution in [3.8, 4) is 0 Å². The number of anilines is 1. The number of nitrogens with one attached hydrogen (secondary N) is 2. The number of primary amides is 1. The summed E-state index contributed by atoms with van der Waals surface area (Å²) in [4.78, 5) is 23.7. The first kappa shape index (κ1) is 16.0. The Bertz CT molecular complexity index is 459. The van der Waals surface area contributed by atoms with Crippen molar-refractivity contribution in [2.24, 2.45) is 5.73 Å². The molecule has 0 bridgehead atoms. The lowest BCUT2D eigenvalue weighted by Gasteiger charge is -2.17. The van der Waals surface area contributed by atoms with Crippen molar-refractivity contribution in [2.45, 2.75) is 19.9 Å². The molecule has 3 amide bonds. The summed E-state index contributed by atoms with van der Waals surface area (Å²) in [7, 11) is 1.52. The first-order valence-electron chi connectivity index (χ1n) is 6.57. The molecule has 0 aliphatic carbocycles. The third kappa shape index (κ3) is 4.89. The van der Waals surface area contributed by atoms with Crippen LogP contribution in [-0.2, 0) is 4.79 Å². The molecule has 110 valence electrons. The molecule has 20 heavy (non-hydrogen) atoms. The average Bonchev–Trinajstić information content (AvgIpc) is 2.39. The summed E-state index contributed by atoms with van der Waals surface area (Å²) in [5.74, 6) is -0.544. The smallest absolute Gasteiger partial charge is 0.322 e. The molecular weight excluding hydrogens is 256 g/mol. The molecule has 0 saturated heterocycles. The molecule has 0 saturated carbocycles. The Morgan fingerprint density at radius 1 is 1.30 bits per heavy atom. The standard InChI is InChI=1S/C14H22N4O2/c1-4-16-10(2)11-5-7-12(8-6-11)17-14(20)18(3)9-13(15)19/h5-8,10,16H,4,9H2,1-3H3,(H2,15,19)(H,17,20). The van der Waals surface area contributed by atoms with Gasteiger partial charge in [0.1, 0.15) is 6.54 Å². The lowest BCUT2D eigenvalue weighted by atomic mass is 10.1. The highest BCUT2D eigenvalue weighted by Crippen LogP contribution is 2.16. The van der Waals surface area contributed by atoms with Crippen molar-refractivity contribution in [3.63, 3.8) is 0 Å². The van der Waals surface area contributed by atoms with Gasteiger partial charge in [0.25, 0.3) is 0 Å². The summed E-state index contributed by atoms with van der Waals surface area (Å²) >= 11 is 0. The van der Waals surface area contributed by atoms with Crippen LogP contribution >= 0.6 is 0 Å². The second-order valence-electron chi connectivity index (χ2n) is 4.65. The van der Waals surface area contributed by atoms with E-state index in [0.29, 0.717) is 5.69 Å². The van der Waals surface area contributed by atoms with E-state index in [1.807, 2.05) is 24.3 Å². The third-order valence-corrected chi connectivity index (χ3v) is 2.91. The van der Waals surface area contributed by atoms with Crippen LogP contribution in [-0.4, -0.2) is 37.0 Å². The van der Waals surface area contributed by atoms with Gasteiger partial charge in [-0.15, -0.1) is 0 Å². The zero-order chi connectivity index (χ0) is 15.1.